The number of hydrogen-bond donors (Lipinski definition) is 1. The Balaban J connectivity index is 1.51. The third kappa shape index (κ3) is 2.16. The summed E-state index contributed by atoms with van der Waals surface area (Å²) in [6.07, 6.45) is 5.25. The van der Waals surface area contributed by atoms with E-state index in [9.17, 15) is 4.79 Å². The number of rotatable bonds is 3. The number of amides is 1. The highest BCUT2D eigenvalue weighted by Gasteiger charge is 2.16. The molecule has 7 nitrogen and oxygen atoms in total. The molecular formula is C14H14N6OS. The minimum atomic E-state index is -0.164. The molecule has 22 heavy (non-hydrogen) atoms. The van der Waals surface area contributed by atoms with Gasteiger partial charge in [-0.1, -0.05) is 11.8 Å². The number of carbonyl (C=O) groups is 1. The quantitative estimate of drug-likeness (QED) is 0.788. The summed E-state index contributed by atoms with van der Waals surface area (Å²) in [5.41, 5.74) is 2.91. The molecule has 1 N–H and O–H groups in total. The van der Waals surface area contributed by atoms with Crippen molar-refractivity contribution in [3.05, 3.63) is 41.6 Å². The number of thioether (sulfide) groups is 1. The van der Waals surface area contributed by atoms with Gasteiger partial charge in [-0.2, -0.15) is 5.10 Å². The van der Waals surface area contributed by atoms with Crippen LogP contribution in [0.2, 0.25) is 0 Å². The van der Waals surface area contributed by atoms with Crippen LogP contribution in [0.5, 0.6) is 0 Å². The maximum atomic E-state index is 12.3. The van der Waals surface area contributed by atoms with Gasteiger partial charge in [-0.15, -0.1) is 0 Å². The summed E-state index contributed by atoms with van der Waals surface area (Å²) in [6.45, 7) is 3.26. The second-order valence-electron chi connectivity index (χ2n) is 5.10. The fraction of sp³-hybridized carbons (Fsp3) is 0.286. The van der Waals surface area contributed by atoms with Crippen LogP contribution in [0.3, 0.4) is 0 Å². The fourth-order valence-corrected chi connectivity index (χ4v) is 3.49. The van der Waals surface area contributed by atoms with Crippen molar-refractivity contribution >= 4 is 23.3 Å². The molecule has 0 aliphatic carbocycles. The normalized spacial score (nSPS) is 13.5. The van der Waals surface area contributed by atoms with Crippen LogP contribution in [0.1, 0.15) is 21.7 Å². The molecular weight excluding hydrogens is 300 g/mol. The molecule has 1 amide bonds. The van der Waals surface area contributed by atoms with E-state index in [4.69, 9.17) is 0 Å². The van der Waals surface area contributed by atoms with Crippen LogP contribution in [0.15, 0.2) is 29.8 Å². The maximum absolute atomic E-state index is 12.3. The Bertz CT molecular complexity index is 846. The molecule has 0 saturated heterocycles. The molecule has 3 aromatic heterocycles. The highest BCUT2D eigenvalue weighted by atomic mass is 32.2. The minimum absolute atomic E-state index is 0.164. The van der Waals surface area contributed by atoms with Crippen LogP contribution in [0.25, 0.3) is 5.65 Å². The minimum Gasteiger partial charge on any atom is -0.346 e. The van der Waals surface area contributed by atoms with Crippen molar-refractivity contribution in [3.63, 3.8) is 0 Å². The first-order chi connectivity index (χ1) is 10.7. The van der Waals surface area contributed by atoms with Crippen molar-refractivity contribution in [1.82, 2.24) is 29.5 Å². The summed E-state index contributed by atoms with van der Waals surface area (Å²) in [6, 6.07) is 1.80. The summed E-state index contributed by atoms with van der Waals surface area (Å²) in [4.78, 5) is 21.1. The van der Waals surface area contributed by atoms with E-state index >= 15 is 0 Å². The lowest BCUT2D eigenvalue weighted by Gasteiger charge is -2.07. The molecule has 0 fully saturated rings. The van der Waals surface area contributed by atoms with Crippen LogP contribution in [-0.2, 0) is 13.1 Å². The molecule has 4 rings (SSSR count). The number of aryl methyl sites for hydroxylation is 2. The summed E-state index contributed by atoms with van der Waals surface area (Å²) in [5, 5.41) is 8.09. The van der Waals surface area contributed by atoms with Crippen molar-refractivity contribution in [2.24, 2.45) is 0 Å². The molecule has 0 bridgehead atoms. The molecule has 4 heterocycles. The van der Waals surface area contributed by atoms with Gasteiger partial charge in [0.05, 0.1) is 29.7 Å². The standard InChI is InChI=1S/C14H14N6OS/c1-9-11(7-15-12-2-3-17-20(9)12)13(21)16-6-10-8-19-4-5-22-14(19)18-10/h2-3,7-8H,4-6H2,1H3,(H,16,21). The Hall–Kier alpha value is -2.35. The van der Waals surface area contributed by atoms with Gasteiger partial charge in [-0.25, -0.2) is 14.5 Å². The molecule has 0 atom stereocenters. The first kappa shape index (κ1) is 13.3. The van der Waals surface area contributed by atoms with Gasteiger partial charge < -0.3 is 9.88 Å². The molecule has 8 heteroatoms. The van der Waals surface area contributed by atoms with E-state index in [1.165, 1.54) is 0 Å². The van der Waals surface area contributed by atoms with Crippen molar-refractivity contribution in [1.29, 1.82) is 0 Å². The Morgan fingerprint density at radius 1 is 1.50 bits per heavy atom. The second-order valence-corrected chi connectivity index (χ2v) is 6.16. The first-order valence-electron chi connectivity index (χ1n) is 6.99. The van der Waals surface area contributed by atoms with Crippen LogP contribution in [0.4, 0.5) is 0 Å². The van der Waals surface area contributed by atoms with Crippen molar-refractivity contribution in [2.45, 2.75) is 25.2 Å². The third-order valence-electron chi connectivity index (χ3n) is 3.68. The van der Waals surface area contributed by atoms with Gasteiger partial charge in [0.2, 0.25) is 0 Å². The smallest absolute Gasteiger partial charge is 0.255 e. The van der Waals surface area contributed by atoms with Gasteiger partial charge in [0.1, 0.15) is 0 Å². The molecule has 0 radical (unpaired) electrons. The Morgan fingerprint density at radius 2 is 2.41 bits per heavy atom. The number of aromatic nitrogens is 5. The van der Waals surface area contributed by atoms with Gasteiger partial charge in [0, 0.05) is 30.8 Å². The molecule has 1 aliphatic rings. The topological polar surface area (TPSA) is 77.1 Å². The fourth-order valence-electron chi connectivity index (χ4n) is 2.53. The van der Waals surface area contributed by atoms with E-state index in [1.807, 2.05) is 13.1 Å². The summed E-state index contributed by atoms with van der Waals surface area (Å²) >= 11 is 1.74. The molecule has 112 valence electrons. The van der Waals surface area contributed by atoms with Gasteiger partial charge in [-0.3, -0.25) is 4.79 Å². The zero-order chi connectivity index (χ0) is 15.1. The number of nitrogens with zero attached hydrogens (tertiary/aromatic N) is 5. The maximum Gasteiger partial charge on any atom is 0.255 e. The van der Waals surface area contributed by atoms with Gasteiger partial charge in [0.25, 0.3) is 5.91 Å². The van der Waals surface area contributed by atoms with Gasteiger partial charge >= 0.3 is 0 Å². The molecule has 3 aromatic rings. The van der Waals surface area contributed by atoms with E-state index in [0.29, 0.717) is 12.1 Å². The summed E-state index contributed by atoms with van der Waals surface area (Å²) in [5.74, 6) is 0.909. The molecule has 0 saturated carbocycles. The Kier molecular flexibility index (Phi) is 3.11. The van der Waals surface area contributed by atoms with E-state index in [1.54, 1.807) is 34.7 Å². The predicted molar refractivity (Wildman–Crippen MR) is 81.8 cm³/mol. The van der Waals surface area contributed by atoms with Crippen LogP contribution >= 0.6 is 11.8 Å². The third-order valence-corrected chi connectivity index (χ3v) is 4.65. The lowest BCUT2D eigenvalue weighted by atomic mass is 10.2. The number of imidazole rings is 1. The van der Waals surface area contributed by atoms with Crippen LogP contribution < -0.4 is 5.32 Å². The van der Waals surface area contributed by atoms with E-state index in [2.05, 4.69) is 25.0 Å². The van der Waals surface area contributed by atoms with Gasteiger partial charge in [0.15, 0.2) is 10.8 Å². The highest BCUT2D eigenvalue weighted by Crippen LogP contribution is 2.24. The molecule has 0 spiro atoms. The zero-order valence-corrected chi connectivity index (χ0v) is 12.8. The SMILES string of the molecule is Cc1c(C(=O)NCc2cn3c(n2)SCC3)cnc2ccnn12. The molecule has 0 unspecified atom stereocenters. The molecule has 1 aliphatic heterocycles. The van der Waals surface area contributed by atoms with E-state index in [-0.39, 0.29) is 5.91 Å². The van der Waals surface area contributed by atoms with Crippen LogP contribution in [-0.4, -0.2) is 35.8 Å². The predicted octanol–water partition coefficient (Wildman–Crippen LogP) is 1.27. The Labute approximate surface area is 130 Å². The number of nitrogens with one attached hydrogen (secondary N) is 1. The average molecular weight is 314 g/mol. The van der Waals surface area contributed by atoms with Crippen molar-refractivity contribution < 1.29 is 4.79 Å². The van der Waals surface area contributed by atoms with Crippen LogP contribution in [0, 0.1) is 6.92 Å². The number of fused-ring (bicyclic) bond motifs is 2. The number of hydrogen-bond acceptors (Lipinski definition) is 5. The van der Waals surface area contributed by atoms with E-state index in [0.717, 1.165) is 34.5 Å². The summed E-state index contributed by atoms with van der Waals surface area (Å²) in [7, 11) is 0. The zero-order valence-electron chi connectivity index (χ0n) is 12.0. The summed E-state index contributed by atoms with van der Waals surface area (Å²) < 4.78 is 3.78. The monoisotopic (exact) mass is 314 g/mol. The van der Waals surface area contributed by atoms with Crippen molar-refractivity contribution in [2.75, 3.05) is 5.75 Å². The lowest BCUT2D eigenvalue weighted by Crippen LogP contribution is -2.25. The largest absolute Gasteiger partial charge is 0.346 e. The highest BCUT2D eigenvalue weighted by molar-refractivity contribution is 7.99. The van der Waals surface area contributed by atoms with E-state index < -0.39 is 0 Å². The van der Waals surface area contributed by atoms with Gasteiger partial charge in [-0.05, 0) is 6.92 Å². The molecule has 0 aromatic carbocycles. The first-order valence-corrected chi connectivity index (χ1v) is 7.97. The Morgan fingerprint density at radius 3 is 3.27 bits per heavy atom. The lowest BCUT2D eigenvalue weighted by molar-refractivity contribution is 0.0948. The second kappa shape index (κ2) is 5.13. The average Bonchev–Trinajstić information content (AvgIpc) is 3.20. The van der Waals surface area contributed by atoms with Crippen molar-refractivity contribution in [3.8, 4) is 0 Å². The number of carbonyl (C=O) groups excluding carboxylic acids is 1.